The number of ether oxygens (including phenoxy) is 2. The zero-order valence-corrected chi connectivity index (χ0v) is 12.9. The molecule has 0 fully saturated rings. The molecule has 0 aliphatic heterocycles. The van der Waals surface area contributed by atoms with Crippen molar-refractivity contribution in [1.29, 1.82) is 0 Å². The second-order valence-electron chi connectivity index (χ2n) is 4.05. The van der Waals surface area contributed by atoms with Crippen molar-refractivity contribution in [2.75, 3.05) is 20.3 Å². The van der Waals surface area contributed by atoms with Gasteiger partial charge in [-0.25, -0.2) is 0 Å². The lowest BCUT2D eigenvalue weighted by Gasteiger charge is -2.15. The third-order valence-corrected chi connectivity index (χ3v) is 3.03. The van der Waals surface area contributed by atoms with Gasteiger partial charge in [0.05, 0.1) is 11.6 Å². The van der Waals surface area contributed by atoms with E-state index in [9.17, 15) is 4.79 Å². The Bertz CT molecular complexity index is 497. The topological polar surface area (TPSA) is 73.6 Å². The molecule has 0 heterocycles. The molecule has 1 aromatic rings. The highest BCUT2D eigenvalue weighted by Crippen LogP contribution is 2.23. The second kappa shape index (κ2) is 8.04. The maximum absolute atomic E-state index is 11.7. The molecule has 3 N–H and O–H groups in total. The van der Waals surface area contributed by atoms with Crippen LogP contribution < -0.4 is 15.8 Å². The first-order chi connectivity index (χ1) is 9.45. The van der Waals surface area contributed by atoms with Crippen molar-refractivity contribution in [2.45, 2.75) is 13.0 Å². The van der Waals surface area contributed by atoms with Gasteiger partial charge >= 0.3 is 0 Å². The van der Waals surface area contributed by atoms with Gasteiger partial charge in [0.15, 0.2) is 6.10 Å². The highest BCUT2D eigenvalue weighted by atomic mass is 35.5. The van der Waals surface area contributed by atoms with E-state index in [1.807, 2.05) is 0 Å². The van der Waals surface area contributed by atoms with Gasteiger partial charge in [-0.15, -0.1) is 0 Å². The molecule has 0 aliphatic carbocycles. The zero-order chi connectivity index (χ0) is 15.1. The first-order valence-electron chi connectivity index (χ1n) is 5.98. The average Bonchev–Trinajstić information content (AvgIpc) is 2.38. The van der Waals surface area contributed by atoms with Crippen molar-refractivity contribution >= 4 is 34.7 Å². The lowest BCUT2D eigenvalue weighted by Crippen LogP contribution is -2.37. The summed E-state index contributed by atoms with van der Waals surface area (Å²) >= 11 is 10.9. The first kappa shape index (κ1) is 16.7. The van der Waals surface area contributed by atoms with Gasteiger partial charge in [-0.1, -0.05) is 23.8 Å². The Labute approximate surface area is 128 Å². The zero-order valence-electron chi connectivity index (χ0n) is 11.3. The van der Waals surface area contributed by atoms with E-state index >= 15 is 0 Å². The van der Waals surface area contributed by atoms with Gasteiger partial charge in [0.2, 0.25) is 0 Å². The minimum Gasteiger partial charge on any atom is -0.481 e. The Balaban J connectivity index is 2.62. The van der Waals surface area contributed by atoms with Crippen LogP contribution in [0.2, 0.25) is 5.02 Å². The third kappa shape index (κ3) is 4.96. The lowest BCUT2D eigenvalue weighted by molar-refractivity contribution is -0.127. The average molecular weight is 317 g/mol. The van der Waals surface area contributed by atoms with Gasteiger partial charge in [-0.05, 0) is 25.1 Å². The van der Waals surface area contributed by atoms with Crippen LogP contribution in [0.5, 0.6) is 5.75 Å². The van der Waals surface area contributed by atoms with Crippen LogP contribution in [-0.4, -0.2) is 37.3 Å². The number of hydrogen-bond acceptors (Lipinski definition) is 4. The van der Waals surface area contributed by atoms with E-state index in [-0.39, 0.29) is 10.9 Å². The molecule has 0 spiro atoms. The minimum absolute atomic E-state index is 0.215. The van der Waals surface area contributed by atoms with Crippen LogP contribution in [0.25, 0.3) is 0 Å². The van der Waals surface area contributed by atoms with E-state index in [4.69, 9.17) is 39.0 Å². The molecule has 0 radical (unpaired) electrons. The number of nitrogens with two attached hydrogens (primary N) is 1. The minimum atomic E-state index is -0.640. The smallest absolute Gasteiger partial charge is 0.260 e. The van der Waals surface area contributed by atoms with E-state index in [2.05, 4.69) is 5.32 Å². The summed E-state index contributed by atoms with van der Waals surface area (Å²) in [4.78, 5) is 11.9. The molecular weight excluding hydrogens is 300 g/mol. The number of halogens is 1. The number of amides is 1. The molecular formula is C13H17ClN2O3S. The fourth-order valence-corrected chi connectivity index (χ4v) is 1.95. The standard InChI is InChI=1S/C13H17ClN2O3S/c1-8(13(17)16-5-6-18-2)19-9-3-4-10(12(15)20)11(14)7-9/h3-4,7-8H,5-6H2,1-2H3,(H2,15,20)(H,16,17). The molecule has 7 heteroatoms. The van der Waals surface area contributed by atoms with Gasteiger partial charge in [0, 0.05) is 19.2 Å². The third-order valence-electron chi connectivity index (χ3n) is 2.49. The highest BCUT2D eigenvalue weighted by molar-refractivity contribution is 7.80. The Morgan fingerprint density at radius 1 is 1.55 bits per heavy atom. The molecule has 1 amide bonds. The van der Waals surface area contributed by atoms with Crippen molar-refractivity contribution < 1.29 is 14.3 Å². The Kier molecular flexibility index (Phi) is 6.70. The van der Waals surface area contributed by atoms with E-state index < -0.39 is 6.10 Å². The van der Waals surface area contributed by atoms with Crippen LogP contribution in [0.3, 0.4) is 0 Å². The fourth-order valence-electron chi connectivity index (χ4n) is 1.45. The van der Waals surface area contributed by atoms with Crippen LogP contribution in [0, 0.1) is 0 Å². The normalized spacial score (nSPS) is 11.8. The molecule has 5 nitrogen and oxygen atoms in total. The lowest BCUT2D eigenvalue weighted by atomic mass is 10.2. The van der Waals surface area contributed by atoms with Crippen molar-refractivity contribution in [1.82, 2.24) is 5.32 Å². The fraction of sp³-hybridized carbons (Fsp3) is 0.385. The summed E-state index contributed by atoms with van der Waals surface area (Å²) in [6.45, 7) is 2.54. The summed E-state index contributed by atoms with van der Waals surface area (Å²) in [7, 11) is 1.57. The molecule has 0 saturated heterocycles. The summed E-state index contributed by atoms with van der Waals surface area (Å²) in [6, 6.07) is 4.91. The summed E-state index contributed by atoms with van der Waals surface area (Å²) < 4.78 is 10.3. The maximum atomic E-state index is 11.7. The number of methoxy groups -OCH3 is 1. The molecule has 0 saturated carbocycles. The van der Waals surface area contributed by atoms with Gasteiger partial charge in [-0.2, -0.15) is 0 Å². The number of rotatable bonds is 7. The quantitative estimate of drug-likeness (QED) is 0.589. The van der Waals surface area contributed by atoms with Crippen molar-refractivity contribution in [2.24, 2.45) is 5.73 Å². The Morgan fingerprint density at radius 3 is 2.80 bits per heavy atom. The SMILES string of the molecule is COCCNC(=O)C(C)Oc1ccc(C(N)=S)c(Cl)c1. The van der Waals surface area contributed by atoms with E-state index in [1.165, 1.54) is 0 Å². The van der Waals surface area contributed by atoms with Crippen molar-refractivity contribution in [3.05, 3.63) is 28.8 Å². The molecule has 0 bridgehead atoms. The van der Waals surface area contributed by atoms with E-state index in [1.54, 1.807) is 32.2 Å². The number of nitrogens with one attached hydrogen (secondary N) is 1. The van der Waals surface area contributed by atoms with Crippen molar-refractivity contribution in [3.8, 4) is 5.75 Å². The van der Waals surface area contributed by atoms with Gasteiger partial charge in [0.1, 0.15) is 10.7 Å². The number of hydrogen-bond donors (Lipinski definition) is 2. The molecule has 1 unspecified atom stereocenters. The van der Waals surface area contributed by atoms with Crippen LogP contribution in [-0.2, 0) is 9.53 Å². The molecule has 110 valence electrons. The molecule has 1 rings (SSSR count). The molecule has 1 atom stereocenters. The van der Waals surface area contributed by atoms with Crippen molar-refractivity contribution in [3.63, 3.8) is 0 Å². The van der Waals surface area contributed by atoms with Gasteiger partial charge in [0.25, 0.3) is 5.91 Å². The summed E-state index contributed by atoms with van der Waals surface area (Å²) in [5.74, 6) is 0.251. The van der Waals surface area contributed by atoms with Crippen LogP contribution in [0.4, 0.5) is 0 Å². The largest absolute Gasteiger partial charge is 0.481 e. The summed E-state index contributed by atoms with van der Waals surface area (Å²) in [6.07, 6.45) is -0.640. The maximum Gasteiger partial charge on any atom is 0.260 e. The van der Waals surface area contributed by atoms with Gasteiger partial charge < -0.3 is 20.5 Å². The van der Waals surface area contributed by atoms with E-state index in [0.29, 0.717) is 29.5 Å². The monoisotopic (exact) mass is 316 g/mol. The molecule has 1 aromatic carbocycles. The predicted octanol–water partition coefficient (Wildman–Crippen LogP) is 1.50. The number of carbonyl (C=O) groups excluding carboxylic acids is 1. The second-order valence-corrected chi connectivity index (χ2v) is 4.90. The summed E-state index contributed by atoms with van der Waals surface area (Å²) in [5, 5.41) is 3.08. The Morgan fingerprint density at radius 2 is 2.25 bits per heavy atom. The van der Waals surface area contributed by atoms with E-state index in [0.717, 1.165) is 0 Å². The molecule has 0 aromatic heterocycles. The number of benzene rings is 1. The highest BCUT2D eigenvalue weighted by Gasteiger charge is 2.15. The predicted molar refractivity (Wildman–Crippen MR) is 82.3 cm³/mol. The Hall–Kier alpha value is -1.37. The number of thiocarbonyl (C=S) groups is 1. The first-order valence-corrected chi connectivity index (χ1v) is 6.77. The molecule has 20 heavy (non-hydrogen) atoms. The molecule has 0 aliphatic rings. The van der Waals surface area contributed by atoms with Gasteiger partial charge in [-0.3, -0.25) is 4.79 Å². The van der Waals surface area contributed by atoms with Crippen LogP contribution >= 0.6 is 23.8 Å². The summed E-state index contributed by atoms with van der Waals surface area (Å²) in [5.41, 5.74) is 6.09. The number of carbonyl (C=O) groups is 1. The van der Waals surface area contributed by atoms with Crippen LogP contribution in [0.15, 0.2) is 18.2 Å². The van der Waals surface area contributed by atoms with Crippen LogP contribution in [0.1, 0.15) is 12.5 Å².